The first-order valence-corrected chi connectivity index (χ1v) is 8.95. The normalized spacial score (nSPS) is 25.2. The topological polar surface area (TPSA) is 46.3 Å². The Morgan fingerprint density at radius 1 is 1.26 bits per heavy atom. The zero-order chi connectivity index (χ0) is 16.0. The summed E-state index contributed by atoms with van der Waals surface area (Å²) >= 11 is 3.48. The molecule has 1 aromatic rings. The lowest BCUT2D eigenvalue weighted by molar-refractivity contribution is -0.144. The molecule has 0 radical (unpaired) electrons. The standard InChI is InChI=1S/C18H25BrN2O.ClH/c1-17(2)12-21(11-8-15(17)20)16(22)18(9-3-10-18)13-4-6-14(19)7-5-13;/h4-7,15H,3,8-12,20H2,1-2H3;1H. The number of benzene rings is 1. The number of nitrogens with two attached hydrogens (primary N) is 1. The molecule has 1 aliphatic heterocycles. The second kappa shape index (κ2) is 6.73. The molecule has 0 aromatic heterocycles. The first-order valence-electron chi connectivity index (χ1n) is 8.16. The van der Waals surface area contributed by atoms with E-state index in [1.165, 1.54) is 5.56 Å². The van der Waals surface area contributed by atoms with E-state index in [1.54, 1.807) is 0 Å². The third-order valence-corrected chi connectivity index (χ3v) is 6.14. The summed E-state index contributed by atoms with van der Waals surface area (Å²) in [5.41, 5.74) is 7.09. The van der Waals surface area contributed by atoms with E-state index in [0.29, 0.717) is 5.91 Å². The van der Waals surface area contributed by atoms with Crippen LogP contribution in [0.1, 0.15) is 45.1 Å². The van der Waals surface area contributed by atoms with Crippen LogP contribution in [0.5, 0.6) is 0 Å². The van der Waals surface area contributed by atoms with Gasteiger partial charge in [-0.05, 0) is 42.4 Å². The minimum Gasteiger partial charge on any atom is -0.341 e. The molecule has 1 saturated heterocycles. The van der Waals surface area contributed by atoms with E-state index in [2.05, 4.69) is 46.8 Å². The maximum Gasteiger partial charge on any atom is 0.233 e. The number of carbonyl (C=O) groups is 1. The number of nitrogens with zero attached hydrogens (tertiary/aromatic N) is 1. The first kappa shape index (κ1) is 18.8. The molecule has 0 bridgehead atoms. The Kier molecular flexibility index (Phi) is 5.49. The Labute approximate surface area is 153 Å². The van der Waals surface area contributed by atoms with Crippen LogP contribution in [0.4, 0.5) is 0 Å². The summed E-state index contributed by atoms with van der Waals surface area (Å²) < 4.78 is 1.06. The minimum atomic E-state index is -0.293. The summed E-state index contributed by atoms with van der Waals surface area (Å²) in [6.07, 6.45) is 3.97. The molecule has 23 heavy (non-hydrogen) atoms. The maximum atomic E-state index is 13.3. The number of likely N-dealkylation sites (tertiary alicyclic amines) is 1. The zero-order valence-electron chi connectivity index (χ0n) is 13.8. The molecule has 3 nitrogen and oxygen atoms in total. The van der Waals surface area contributed by atoms with Crippen molar-refractivity contribution in [1.29, 1.82) is 0 Å². The van der Waals surface area contributed by atoms with Gasteiger partial charge in [0, 0.05) is 23.6 Å². The summed E-state index contributed by atoms with van der Waals surface area (Å²) in [6.45, 7) is 5.90. The van der Waals surface area contributed by atoms with E-state index in [4.69, 9.17) is 5.73 Å². The van der Waals surface area contributed by atoms with Gasteiger partial charge >= 0.3 is 0 Å². The highest BCUT2D eigenvalue weighted by atomic mass is 79.9. The average Bonchev–Trinajstić information content (AvgIpc) is 2.42. The van der Waals surface area contributed by atoms with Crippen molar-refractivity contribution in [2.45, 2.75) is 51.0 Å². The van der Waals surface area contributed by atoms with Crippen molar-refractivity contribution < 1.29 is 4.79 Å². The molecular weight excluding hydrogens is 376 g/mol. The van der Waals surface area contributed by atoms with Gasteiger partial charge in [-0.15, -0.1) is 12.4 Å². The van der Waals surface area contributed by atoms with Gasteiger partial charge in [0.05, 0.1) is 5.41 Å². The number of halogens is 2. The third-order valence-electron chi connectivity index (χ3n) is 5.61. The van der Waals surface area contributed by atoms with Crippen molar-refractivity contribution in [1.82, 2.24) is 4.90 Å². The third kappa shape index (κ3) is 3.31. The summed E-state index contributed by atoms with van der Waals surface area (Å²) in [5, 5.41) is 0. The fraction of sp³-hybridized carbons (Fsp3) is 0.611. The molecule has 3 rings (SSSR count). The molecule has 1 unspecified atom stereocenters. The van der Waals surface area contributed by atoms with Crippen LogP contribution in [0.25, 0.3) is 0 Å². The van der Waals surface area contributed by atoms with E-state index in [1.807, 2.05) is 12.1 Å². The summed E-state index contributed by atoms with van der Waals surface area (Å²) in [4.78, 5) is 15.3. The molecule has 128 valence electrons. The molecule has 2 aliphatic rings. The predicted molar refractivity (Wildman–Crippen MR) is 99.9 cm³/mol. The summed E-state index contributed by atoms with van der Waals surface area (Å²) in [7, 11) is 0. The number of amides is 1. The van der Waals surface area contributed by atoms with Gasteiger partial charge in [-0.2, -0.15) is 0 Å². The summed E-state index contributed by atoms with van der Waals surface area (Å²) in [5.74, 6) is 0.307. The quantitative estimate of drug-likeness (QED) is 0.817. The monoisotopic (exact) mass is 400 g/mol. The Balaban J connectivity index is 0.00000192. The smallest absolute Gasteiger partial charge is 0.233 e. The lowest BCUT2D eigenvalue weighted by atomic mass is 9.63. The van der Waals surface area contributed by atoms with Crippen LogP contribution in [0.2, 0.25) is 0 Å². The molecule has 1 atom stereocenters. The Bertz CT molecular complexity index is 569. The molecule has 1 saturated carbocycles. The van der Waals surface area contributed by atoms with Crippen molar-refractivity contribution in [3.8, 4) is 0 Å². The maximum absolute atomic E-state index is 13.3. The molecule has 1 amide bonds. The lowest BCUT2D eigenvalue weighted by Crippen LogP contribution is -2.59. The molecule has 0 spiro atoms. The summed E-state index contributed by atoms with van der Waals surface area (Å²) in [6, 6.07) is 8.46. The van der Waals surface area contributed by atoms with Crippen LogP contribution < -0.4 is 5.73 Å². The van der Waals surface area contributed by atoms with Gasteiger partial charge in [0.1, 0.15) is 0 Å². The number of piperidine rings is 1. The predicted octanol–water partition coefficient (Wildman–Crippen LogP) is 3.88. The fourth-order valence-corrected chi connectivity index (χ4v) is 4.04. The van der Waals surface area contributed by atoms with E-state index in [9.17, 15) is 4.79 Å². The molecule has 5 heteroatoms. The van der Waals surface area contributed by atoms with Gasteiger partial charge in [0.2, 0.25) is 5.91 Å². The van der Waals surface area contributed by atoms with Crippen molar-refractivity contribution in [2.75, 3.05) is 13.1 Å². The minimum absolute atomic E-state index is 0. The van der Waals surface area contributed by atoms with Crippen LogP contribution >= 0.6 is 28.3 Å². The van der Waals surface area contributed by atoms with Crippen molar-refractivity contribution >= 4 is 34.2 Å². The van der Waals surface area contributed by atoms with Gasteiger partial charge in [0.15, 0.2) is 0 Å². The van der Waals surface area contributed by atoms with Gasteiger partial charge in [-0.1, -0.05) is 48.3 Å². The largest absolute Gasteiger partial charge is 0.341 e. The van der Waals surface area contributed by atoms with E-state index >= 15 is 0 Å². The molecule has 1 aliphatic carbocycles. The highest BCUT2D eigenvalue weighted by molar-refractivity contribution is 9.10. The number of hydrogen-bond donors (Lipinski definition) is 1. The van der Waals surface area contributed by atoms with Crippen LogP contribution in [0.3, 0.4) is 0 Å². The average molecular weight is 402 g/mol. The second-order valence-electron chi connectivity index (χ2n) is 7.55. The Morgan fingerprint density at radius 3 is 2.35 bits per heavy atom. The highest BCUT2D eigenvalue weighted by Gasteiger charge is 2.49. The van der Waals surface area contributed by atoms with Crippen LogP contribution in [-0.2, 0) is 10.2 Å². The van der Waals surface area contributed by atoms with Gasteiger partial charge in [0.25, 0.3) is 0 Å². The van der Waals surface area contributed by atoms with Gasteiger partial charge in [-0.25, -0.2) is 0 Å². The zero-order valence-corrected chi connectivity index (χ0v) is 16.3. The molecule has 2 fully saturated rings. The van der Waals surface area contributed by atoms with Gasteiger partial charge in [-0.3, -0.25) is 4.79 Å². The second-order valence-corrected chi connectivity index (χ2v) is 8.47. The van der Waals surface area contributed by atoms with E-state index in [0.717, 1.165) is 43.2 Å². The number of carbonyl (C=O) groups excluding carboxylic acids is 1. The SMILES string of the molecule is CC1(C)CN(C(=O)C2(c3ccc(Br)cc3)CCC2)CCC1N.Cl. The fourth-order valence-electron chi connectivity index (χ4n) is 3.78. The van der Waals surface area contributed by atoms with Crippen molar-refractivity contribution in [3.05, 3.63) is 34.3 Å². The molecule has 1 aromatic carbocycles. The number of hydrogen-bond acceptors (Lipinski definition) is 2. The van der Waals surface area contributed by atoms with E-state index < -0.39 is 0 Å². The Morgan fingerprint density at radius 2 is 1.87 bits per heavy atom. The van der Waals surface area contributed by atoms with Gasteiger partial charge < -0.3 is 10.6 Å². The van der Waals surface area contributed by atoms with Crippen LogP contribution in [-0.4, -0.2) is 29.9 Å². The molecular formula is C18H26BrClN2O. The van der Waals surface area contributed by atoms with Crippen molar-refractivity contribution in [2.24, 2.45) is 11.1 Å². The first-order chi connectivity index (χ1) is 10.3. The van der Waals surface area contributed by atoms with E-state index in [-0.39, 0.29) is 29.3 Å². The molecule has 1 heterocycles. The highest BCUT2D eigenvalue weighted by Crippen LogP contribution is 2.46. The lowest BCUT2D eigenvalue weighted by Gasteiger charge is -2.49. The van der Waals surface area contributed by atoms with Crippen LogP contribution in [0, 0.1) is 5.41 Å². The van der Waals surface area contributed by atoms with Crippen molar-refractivity contribution in [3.63, 3.8) is 0 Å². The molecule has 2 N–H and O–H groups in total. The Hall–Kier alpha value is -0.580. The van der Waals surface area contributed by atoms with Crippen LogP contribution in [0.15, 0.2) is 28.7 Å². The number of rotatable bonds is 2.